The summed E-state index contributed by atoms with van der Waals surface area (Å²) in [6.45, 7) is 0.164. The van der Waals surface area contributed by atoms with Gasteiger partial charge < -0.3 is 15.7 Å². The minimum absolute atomic E-state index is 0.0562. The molecule has 0 atom stereocenters. The zero-order chi connectivity index (χ0) is 16.5. The molecule has 0 aliphatic heterocycles. The van der Waals surface area contributed by atoms with Gasteiger partial charge in [0, 0.05) is 19.2 Å². The second kappa shape index (κ2) is 8.93. The summed E-state index contributed by atoms with van der Waals surface area (Å²) < 4.78 is 0. The van der Waals surface area contributed by atoms with E-state index in [1.54, 1.807) is 24.3 Å². The predicted molar refractivity (Wildman–Crippen MR) is 83.7 cm³/mol. The highest BCUT2D eigenvalue weighted by Gasteiger charge is 2.10. The van der Waals surface area contributed by atoms with E-state index in [-0.39, 0.29) is 25.0 Å². The minimum atomic E-state index is -0.944. The summed E-state index contributed by atoms with van der Waals surface area (Å²) in [7, 11) is 0. The lowest BCUT2D eigenvalue weighted by molar-refractivity contribution is -0.137. The zero-order valence-electron chi connectivity index (χ0n) is 11.4. The highest BCUT2D eigenvalue weighted by molar-refractivity contribution is 6.39. The largest absolute Gasteiger partial charge is 0.481 e. The molecule has 0 saturated heterocycles. The van der Waals surface area contributed by atoms with Gasteiger partial charge in [-0.3, -0.25) is 9.59 Å². The molecule has 0 bridgehead atoms. The topological polar surface area (TPSA) is 102 Å². The summed E-state index contributed by atoms with van der Waals surface area (Å²) in [4.78, 5) is 22.1. The van der Waals surface area contributed by atoms with E-state index in [0.717, 1.165) is 0 Å². The molecule has 1 amide bonds. The molecule has 0 unspecified atom stereocenters. The van der Waals surface area contributed by atoms with Crippen molar-refractivity contribution >= 4 is 40.8 Å². The molecule has 0 aromatic heterocycles. The number of carbonyl (C=O) groups is 2. The molecule has 0 spiro atoms. The Kier molecular flexibility index (Phi) is 7.23. The Morgan fingerprint density at radius 3 is 2.50 bits per heavy atom. The summed E-state index contributed by atoms with van der Waals surface area (Å²) >= 11 is 11.9. The number of nitrogens with one attached hydrogen (secondary N) is 2. The number of anilines is 1. The average Bonchev–Trinajstić information content (AvgIpc) is 2.46. The first-order valence-corrected chi connectivity index (χ1v) is 7.02. The number of carbonyl (C=O) groups excluding carboxylic acids is 1. The summed E-state index contributed by atoms with van der Waals surface area (Å²) in [5.41, 5.74) is 0.212. The number of rotatable bonds is 7. The van der Waals surface area contributed by atoms with Gasteiger partial charge in [0.25, 0.3) is 5.91 Å². The van der Waals surface area contributed by atoms with Crippen molar-refractivity contribution in [2.45, 2.75) is 12.8 Å². The lowest BCUT2D eigenvalue weighted by Crippen LogP contribution is -2.26. The Morgan fingerprint density at radius 2 is 1.95 bits per heavy atom. The first-order chi connectivity index (χ1) is 10.5. The molecule has 1 aromatic rings. The number of aliphatic carboxylic acids is 1. The summed E-state index contributed by atoms with van der Waals surface area (Å²) in [6, 6.07) is 6.64. The summed E-state index contributed by atoms with van der Waals surface area (Å²) in [5.74, 6) is -1.55. The Morgan fingerprint density at radius 1 is 1.32 bits per heavy atom. The number of benzene rings is 1. The fourth-order valence-electron chi connectivity index (χ4n) is 1.47. The van der Waals surface area contributed by atoms with Gasteiger partial charge in [0.15, 0.2) is 0 Å². The van der Waals surface area contributed by atoms with Crippen molar-refractivity contribution in [3.63, 3.8) is 0 Å². The molecule has 0 aliphatic rings. The van der Waals surface area contributed by atoms with Gasteiger partial charge in [0.05, 0.1) is 15.7 Å². The predicted octanol–water partition coefficient (Wildman–Crippen LogP) is 2.79. The van der Waals surface area contributed by atoms with Gasteiger partial charge in [0.1, 0.15) is 11.6 Å². The first kappa shape index (κ1) is 17.8. The summed E-state index contributed by atoms with van der Waals surface area (Å²) in [6.07, 6.45) is 1.42. The zero-order valence-corrected chi connectivity index (χ0v) is 12.9. The van der Waals surface area contributed by atoms with E-state index in [1.807, 2.05) is 0 Å². The van der Waals surface area contributed by atoms with Crippen LogP contribution in [-0.4, -0.2) is 23.5 Å². The molecular formula is C14H13Cl2N3O3. The van der Waals surface area contributed by atoms with Gasteiger partial charge in [0.2, 0.25) is 0 Å². The van der Waals surface area contributed by atoms with Gasteiger partial charge in [-0.05, 0) is 18.6 Å². The second-order valence-electron chi connectivity index (χ2n) is 4.16. The first-order valence-electron chi connectivity index (χ1n) is 6.26. The van der Waals surface area contributed by atoms with E-state index in [2.05, 4.69) is 10.6 Å². The van der Waals surface area contributed by atoms with E-state index in [1.165, 1.54) is 6.20 Å². The fourth-order valence-corrected chi connectivity index (χ4v) is 1.97. The lowest BCUT2D eigenvalue weighted by Gasteiger charge is -2.07. The molecule has 0 aliphatic carbocycles. The third-order valence-corrected chi connectivity index (χ3v) is 3.17. The monoisotopic (exact) mass is 341 g/mol. The molecule has 0 saturated carbocycles. The number of carboxylic acid groups (broad SMARTS) is 1. The lowest BCUT2D eigenvalue weighted by atomic mass is 10.2. The number of nitrogens with zero attached hydrogens (tertiary/aromatic N) is 1. The number of para-hydroxylation sites is 1. The van der Waals surface area contributed by atoms with Crippen molar-refractivity contribution in [2.24, 2.45) is 0 Å². The van der Waals surface area contributed by atoms with E-state index >= 15 is 0 Å². The maximum atomic E-state index is 11.8. The molecule has 0 heterocycles. The van der Waals surface area contributed by atoms with E-state index in [0.29, 0.717) is 15.7 Å². The highest BCUT2D eigenvalue weighted by Crippen LogP contribution is 2.29. The Balaban J connectivity index is 2.65. The molecule has 0 fully saturated rings. The Hall–Kier alpha value is -2.23. The van der Waals surface area contributed by atoms with Crippen LogP contribution in [0.1, 0.15) is 12.8 Å². The number of hydrogen-bond donors (Lipinski definition) is 3. The standard InChI is InChI=1S/C14H13Cl2N3O3/c15-10-3-1-4-11(16)13(10)19-8-9(7-17)14(22)18-6-2-5-12(20)21/h1,3-4,8,19H,2,5-6H2,(H,18,22)(H,20,21)/b9-8-. The van der Waals surface area contributed by atoms with Crippen molar-refractivity contribution in [3.8, 4) is 6.07 Å². The molecule has 0 radical (unpaired) electrons. The van der Waals surface area contributed by atoms with Crippen molar-refractivity contribution in [1.29, 1.82) is 5.26 Å². The fraction of sp³-hybridized carbons (Fsp3) is 0.214. The average molecular weight is 342 g/mol. The SMILES string of the molecule is N#C/C(=C/Nc1c(Cl)cccc1Cl)C(=O)NCCCC(=O)O. The number of carboxylic acids is 1. The number of nitriles is 1. The minimum Gasteiger partial charge on any atom is -0.481 e. The van der Waals surface area contributed by atoms with Crippen LogP contribution >= 0.6 is 23.2 Å². The van der Waals surface area contributed by atoms with Gasteiger partial charge >= 0.3 is 5.97 Å². The summed E-state index contributed by atoms with van der Waals surface area (Å²) in [5, 5.41) is 23.3. The van der Waals surface area contributed by atoms with Gasteiger partial charge in [-0.1, -0.05) is 29.3 Å². The van der Waals surface area contributed by atoms with Crippen LogP contribution in [0.4, 0.5) is 5.69 Å². The molecular weight excluding hydrogens is 329 g/mol. The van der Waals surface area contributed by atoms with Crippen molar-refractivity contribution < 1.29 is 14.7 Å². The van der Waals surface area contributed by atoms with Crippen molar-refractivity contribution in [1.82, 2.24) is 5.32 Å². The van der Waals surface area contributed by atoms with Crippen molar-refractivity contribution in [3.05, 3.63) is 40.0 Å². The van der Waals surface area contributed by atoms with Gasteiger partial charge in [-0.25, -0.2) is 0 Å². The molecule has 1 rings (SSSR count). The van der Waals surface area contributed by atoms with Crippen LogP contribution in [0.2, 0.25) is 10.0 Å². The van der Waals surface area contributed by atoms with Crippen LogP contribution in [0.25, 0.3) is 0 Å². The molecule has 1 aromatic carbocycles. The normalized spacial score (nSPS) is 10.7. The third kappa shape index (κ3) is 5.64. The van der Waals surface area contributed by atoms with Crippen molar-refractivity contribution in [2.75, 3.05) is 11.9 Å². The molecule has 6 nitrogen and oxygen atoms in total. The Bertz CT molecular complexity index is 618. The molecule has 116 valence electrons. The van der Waals surface area contributed by atoms with E-state index in [4.69, 9.17) is 33.6 Å². The molecule has 22 heavy (non-hydrogen) atoms. The molecule has 8 heteroatoms. The number of hydrogen-bond acceptors (Lipinski definition) is 4. The van der Waals surface area contributed by atoms with E-state index in [9.17, 15) is 9.59 Å². The third-order valence-electron chi connectivity index (χ3n) is 2.54. The van der Waals surface area contributed by atoms with Crippen LogP contribution in [0, 0.1) is 11.3 Å². The maximum absolute atomic E-state index is 11.8. The Labute approximate surface area is 137 Å². The van der Waals surface area contributed by atoms with Gasteiger partial charge in [-0.2, -0.15) is 5.26 Å². The van der Waals surface area contributed by atoms with Crippen LogP contribution < -0.4 is 10.6 Å². The van der Waals surface area contributed by atoms with Crippen LogP contribution in [0.15, 0.2) is 30.0 Å². The van der Waals surface area contributed by atoms with Crippen LogP contribution in [-0.2, 0) is 9.59 Å². The highest BCUT2D eigenvalue weighted by atomic mass is 35.5. The van der Waals surface area contributed by atoms with Gasteiger partial charge in [-0.15, -0.1) is 0 Å². The maximum Gasteiger partial charge on any atom is 0.303 e. The second-order valence-corrected chi connectivity index (χ2v) is 4.98. The quantitative estimate of drug-likeness (QED) is 0.402. The number of halogens is 2. The van der Waals surface area contributed by atoms with E-state index < -0.39 is 11.9 Å². The van der Waals surface area contributed by atoms with Crippen LogP contribution in [0.5, 0.6) is 0 Å². The smallest absolute Gasteiger partial charge is 0.303 e. The van der Waals surface area contributed by atoms with Crippen LogP contribution in [0.3, 0.4) is 0 Å². The number of amides is 1. The molecule has 3 N–H and O–H groups in total.